The van der Waals surface area contributed by atoms with Gasteiger partial charge in [-0.2, -0.15) is 0 Å². The quantitative estimate of drug-likeness (QED) is 0.607. The van der Waals surface area contributed by atoms with Gasteiger partial charge in [-0.15, -0.1) is 0 Å². The van der Waals surface area contributed by atoms with Crippen molar-refractivity contribution in [2.45, 2.75) is 6.92 Å². The summed E-state index contributed by atoms with van der Waals surface area (Å²) in [5, 5.41) is 8.96. The lowest BCUT2D eigenvalue weighted by Crippen LogP contribution is -2.05. The predicted octanol–water partition coefficient (Wildman–Crippen LogP) is 3.34. The van der Waals surface area contributed by atoms with Gasteiger partial charge in [0, 0.05) is 10.9 Å². The summed E-state index contributed by atoms with van der Waals surface area (Å²) in [6.07, 6.45) is 0. The lowest BCUT2D eigenvalue weighted by molar-refractivity contribution is 0.326. The zero-order valence-corrected chi connectivity index (χ0v) is 8.96. The van der Waals surface area contributed by atoms with E-state index < -0.39 is 0 Å². The fourth-order valence-electron chi connectivity index (χ4n) is 1.68. The van der Waals surface area contributed by atoms with Crippen LogP contribution in [0.1, 0.15) is 12.5 Å². The average Bonchev–Trinajstić information content (AvgIpc) is 2.30. The van der Waals surface area contributed by atoms with Crippen molar-refractivity contribution >= 4 is 16.7 Å². The second-order valence-electron chi connectivity index (χ2n) is 3.40. The number of halogens is 1. The fourth-order valence-corrected chi connectivity index (χ4v) is 1.68. The molecule has 0 bridgehead atoms. The Kier molecular flexibility index (Phi) is 2.86. The number of benzene rings is 2. The van der Waals surface area contributed by atoms with Crippen molar-refractivity contribution < 1.29 is 9.13 Å². The number of hydrogen-bond acceptors (Lipinski definition) is 2. The summed E-state index contributed by atoms with van der Waals surface area (Å²) in [5.41, 5.74) is 0.624. The van der Waals surface area contributed by atoms with Crippen LogP contribution in [-0.4, -0.2) is 12.5 Å². The Balaban J connectivity index is 2.63. The minimum Gasteiger partial charge on any atom is -0.478 e. The molecule has 0 atom stereocenters. The van der Waals surface area contributed by atoms with Crippen molar-refractivity contribution in [3.63, 3.8) is 0 Å². The van der Waals surface area contributed by atoms with E-state index in [2.05, 4.69) is 0 Å². The van der Waals surface area contributed by atoms with Crippen LogP contribution in [0.3, 0.4) is 0 Å². The Morgan fingerprint density at radius 2 is 1.88 bits per heavy atom. The first-order valence-corrected chi connectivity index (χ1v) is 5.13. The van der Waals surface area contributed by atoms with E-state index in [0.29, 0.717) is 22.9 Å². The number of fused-ring (bicyclic) bond motifs is 1. The van der Waals surface area contributed by atoms with Crippen LogP contribution >= 0.6 is 0 Å². The molecule has 2 aromatic rings. The van der Waals surface area contributed by atoms with Gasteiger partial charge >= 0.3 is 0 Å². The highest BCUT2D eigenvalue weighted by Gasteiger charge is 2.09. The molecule has 2 nitrogen and oxygen atoms in total. The van der Waals surface area contributed by atoms with Crippen molar-refractivity contribution in [3.8, 4) is 0 Å². The number of hydrogen-bond donors (Lipinski definition) is 1. The van der Waals surface area contributed by atoms with Crippen LogP contribution < -0.4 is 0 Å². The maximum absolute atomic E-state index is 13.5. The molecule has 3 heteroatoms. The van der Waals surface area contributed by atoms with Gasteiger partial charge < -0.3 is 4.74 Å². The SMILES string of the molecule is CCOC(=N)c1ccc(F)c2ccccc12. The highest BCUT2D eigenvalue weighted by molar-refractivity contribution is 6.05. The van der Waals surface area contributed by atoms with Gasteiger partial charge in [-0.25, -0.2) is 4.39 Å². The molecule has 16 heavy (non-hydrogen) atoms. The van der Waals surface area contributed by atoms with Crippen LogP contribution in [0.4, 0.5) is 4.39 Å². The largest absolute Gasteiger partial charge is 0.478 e. The van der Waals surface area contributed by atoms with Crippen LogP contribution in [0.15, 0.2) is 36.4 Å². The van der Waals surface area contributed by atoms with Gasteiger partial charge in [-0.1, -0.05) is 24.3 Å². The van der Waals surface area contributed by atoms with E-state index in [4.69, 9.17) is 10.1 Å². The van der Waals surface area contributed by atoms with Crippen molar-refractivity contribution in [1.29, 1.82) is 5.41 Å². The van der Waals surface area contributed by atoms with Crippen LogP contribution in [0, 0.1) is 11.2 Å². The van der Waals surface area contributed by atoms with E-state index in [1.165, 1.54) is 6.07 Å². The molecule has 2 aromatic carbocycles. The smallest absolute Gasteiger partial charge is 0.213 e. The summed E-state index contributed by atoms with van der Waals surface area (Å²) in [7, 11) is 0. The summed E-state index contributed by atoms with van der Waals surface area (Å²) in [6, 6.07) is 10.0. The predicted molar refractivity (Wildman–Crippen MR) is 62.4 cm³/mol. The summed E-state index contributed by atoms with van der Waals surface area (Å²) < 4.78 is 18.6. The van der Waals surface area contributed by atoms with Gasteiger partial charge in [0.15, 0.2) is 0 Å². The normalized spacial score (nSPS) is 10.4. The Morgan fingerprint density at radius 1 is 1.19 bits per heavy atom. The summed E-state index contributed by atoms with van der Waals surface area (Å²) in [5.74, 6) is -0.192. The minimum absolute atomic E-state index is 0.0821. The fraction of sp³-hybridized carbons (Fsp3) is 0.154. The molecule has 0 aliphatic carbocycles. The maximum atomic E-state index is 13.5. The van der Waals surface area contributed by atoms with Crippen LogP contribution in [0.5, 0.6) is 0 Å². The third-order valence-electron chi connectivity index (χ3n) is 2.40. The molecule has 0 amide bonds. The third kappa shape index (κ3) is 1.76. The first kappa shape index (κ1) is 10.6. The number of nitrogens with one attached hydrogen (secondary N) is 1. The molecule has 0 aromatic heterocycles. The first-order valence-electron chi connectivity index (χ1n) is 5.13. The molecular weight excluding hydrogens is 205 g/mol. The van der Waals surface area contributed by atoms with Crippen LogP contribution in [0.2, 0.25) is 0 Å². The first-order chi connectivity index (χ1) is 7.74. The minimum atomic E-state index is -0.274. The monoisotopic (exact) mass is 217 g/mol. The standard InChI is InChI=1S/C13H12FNO/c1-2-16-13(15)11-7-8-12(14)10-6-4-3-5-9(10)11/h3-8,15H,2H2,1H3. The molecule has 0 saturated heterocycles. The Hall–Kier alpha value is -1.90. The molecule has 82 valence electrons. The van der Waals surface area contributed by atoms with Gasteiger partial charge in [-0.05, 0) is 24.4 Å². The number of rotatable bonds is 2. The third-order valence-corrected chi connectivity index (χ3v) is 2.40. The molecule has 0 radical (unpaired) electrons. The second-order valence-corrected chi connectivity index (χ2v) is 3.40. The molecule has 0 heterocycles. The lowest BCUT2D eigenvalue weighted by Gasteiger charge is -2.08. The van der Waals surface area contributed by atoms with E-state index in [1.807, 2.05) is 13.0 Å². The Morgan fingerprint density at radius 3 is 2.56 bits per heavy atom. The molecule has 2 rings (SSSR count). The maximum Gasteiger partial charge on any atom is 0.213 e. The lowest BCUT2D eigenvalue weighted by atomic mass is 10.0. The zero-order chi connectivity index (χ0) is 11.5. The van der Waals surface area contributed by atoms with Gasteiger partial charge in [0.05, 0.1) is 6.61 Å². The summed E-state index contributed by atoms with van der Waals surface area (Å²) in [6.45, 7) is 2.25. The topological polar surface area (TPSA) is 33.1 Å². The van der Waals surface area contributed by atoms with Gasteiger partial charge in [0.25, 0.3) is 0 Å². The van der Waals surface area contributed by atoms with E-state index in [1.54, 1.807) is 24.3 Å². The van der Waals surface area contributed by atoms with Crippen molar-refractivity contribution in [3.05, 3.63) is 47.8 Å². The molecular formula is C13H12FNO. The second kappa shape index (κ2) is 4.31. The van der Waals surface area contributed by atoms with Gasteiger partial charge in [-0.3, -0.25) is 5.41 Å². The van der Waals surface area contributed by atoms with Gasteiger partial charge in [0.1, 0.15) is 5.82 Å². The highest BCUT2D eigenvalue weighted by atomic mass is 19.1. The zero-order valence-electron chi connectivity index (χ0n) is 8.96. The molecule has 0 aliphatic heterocycles. The molecule has 0 unspecified atom stereocenters. The summed E-state index contributed by atoms with van der Waals surface area (Å²) in [4.78, 5) is 0. The molecule has 0 spiro atoms. The molecule has 1 N–H and O–H groups in total. The van der Waals surface area contributed by atoms with Crippen molar-refractivity contribution in [1.82, 2.24) is 0 Å². The van der Waals surface area contributed by atoms with E-state index >= 15 is 0 Å². The van der Waals surface area contributed by atoms with E-state index in [9.17, 15) is 4.39 Å². The van der Waals surface area contributed by atoms with Crippen LogP contribution in [0.25, 0.3) is 10.8 Å². The van der Waals surface area contributed by atoms with E-state index in [-0.39, 0.29) is 11.7 Å². The van der Waals surface area contributed by atoms with E-state index in [0.717, 1.165) is 0 Å². The summed E-state index contributed by atoms with van der Waals surface area (Å²) >= 11 is 0. The Labute approximate surface area is 93.2 Å². The van der Waals surface area contributed by atoms with Gasteiger partial charge in [0.2, 0.25) is 5.90 Å². The Bertz CT molecular complexity index is 536. The highest BCUT2D eigenvalue weighted by Crippen LogP contribution is 2.22. The average molecular weight is 217 g/mol. The van der Waals surface area contributed by atoms with Crippen molar-refractivity contribution in [2.75, 3.05) is 6.61 Å². The van der Waals surface area contributed by atoms with Crippen LogP contribution in [-0.2, 0) is 4.74 Å². The number of ether oxygens (including phenoxy) is 1. The molecule has 0 fully saturated rings. The van der Waals surface area contributed by atoms with Crippen molar-refractivity contribution in [2.24, 2.45) is 0 Å². The molecule has 0 aliphatic rings. The molecule has 0 saturated carbocycles.